The zero-order chi connectivity index (χ0) is 40.8. The second kappa shape index (κ2) is 18.6. The van der Waals surface area contributed by atoms with E-state index in [2.05, 4.69) is 55.7 Å². The predicted molar refractivity (Wildman–Crippen MR) is 211 cm³/mol. The van der Waals surface area contributed by atoms with Crippen LogP contribution in [-0.4, -0.2) is 76.0 Å². The second-order valence-corrected chi connectivity index (χ2v) is 20.8. The maximum atomic E-state index is 13.0. The fraction of sp³-hybridized carbons (Fsp3) is 0.524. The van der Waals surface area contributed by atoms with Crippen molar-refractivity contribution < 1.29 is 48.4 Å². The van der Waals surface area contributed by atoms with Crippen molar-refractivity contribution in [2.45, 2.75) is 111 Å². The molecule has 2 aromatic heterocycles. The molecule has 2 saturated heterocycles. The molecule has 311 valence electrons. The van der Waals surface area contributed by atoms with Gasteiger partial charge in [-0.25, -0.2) is 0 Å². The molecule has 4 aliphatic rings. The van der Waals surface area contributed by atoms with Gasteiger partial charge in [0.05, 0.1) is 16.7 Å². The number of carbonyl (C=O) groups excluding carboxylic acids is 4. The third-order valence-electron chi connectivity index (χ3n) is 11.5. The standard InChI is InChI=1S/C24H27ClN5O2.C18H22N3O4.Au/c1-16-8-10-30(11-9-16)23-15-27-22(14-28-23)24(31)29-18-3-6-19(7-4-18)32-20-5-2-17(13-26)21(25)12-20;1-10(2)11-7-13(8-11)25-12-3-4-14(19-9-12)17(23)20-15-5-6-16(22)21-18(15)24;/h2,5,12,14-16,18-19H,1,3-4,6-11H2,(H,29,31);3-4,9,11,13,15H,5-8H2,1-2H3,(H,20,23)(H,21,22,24);. The summed E-state index contributed by atoms with van der Waals surface area (Å²) >= 11 is 6.26. The molecule has 4 amide bonds. The van der Waals surface area contributed by atoms with E-state index < -0.39 is 17.9 Å². The molecular formula is C42H49AuClN8O6. The number of ether oxygens (including phenoxy) is 2. The minimum atomic E-state index is -0.746. The predicted octanol–water partition coefficient (Wildman–Crippen LogP) is 5.82. The molecule has 14 nitrogen and oxygen atoms in total. The summed E-state index contributed by atoms with van der Waals surface area (Å²) in [5.74, 6) is 1.89. The van der Waals surface area contributed by atoms with Gasteiger partial charge in [-0.15, -0.1) is 0 Å². The zero-order valence-electron chi connectivity index (χ0n) is 32.6. The number of benzene rings is 1. The van der Waals surface area contributed by atoms with E-state index in [1.54, 1.807) is 48.9 Å². The first-order valence-corrected chi connectivity index (χ1v) is 22.9. The van der Waals surface area contributed by atoms with Gasteiger partial charge in [-0.05, 0) is 44.2 Å². The summed E-state index contributed by atoms with van der Waals surface area (Å²) in [7, 11) is 0. The Morgan fingerprint density at radius 2 is 1.60 bits per heavy atom. The summed E-state index contributed by atoms with van der Waals surface area (Å²) in [5.41, 5.74) is 0.934. The number of hydrogen-bond donors (Lipinski definition) is 3. The van der Waals surface area contributed by atoms with Gasteiger partial charge in [0, 0.05) is 12.5 Å². The topological polar surface area (TPSA) is 189 Å². The number of aromatic nitrogens is 3. The molecule has 2 aliphatic carbocycles. The fourth-order valence-electron chi connectivity index (χ4n) is 7.70. The van der Waals surface area contributed by atoms with Crippen molar-refractivity contribution in [3.8, 4) is 17.6 Å². The normalized spacial score (nSPS) is 23.9. The van der Waals surface area contributed by atoms with E-state index in [1.165, 1.54) is 4.64 Å². The molecule has 0 spiro atoms. The van der Waals surface area contributed by atoms with Crippen LogP contribution < -0.4 is 30.3 Å². The van der Waals surface area contributed by atoms with Crippen molar-refractivity contribution in [1.29, 1.82) is 5.26 Å². The van der Waals surface area contributed by atoms with Crippen LogP contribution in [0.15, 0.2) is 48.9 Å². The van der Waals surface area contributed by atoms with Crippen LogP contribution in [0.25, 0.3) is 0 Å². The Kier molecular flexibility index (Phi) is 13.3. The van der Waals surface area contributed by atoms with Crippen LogP contribution in [-0.2, 0) is 29.3 Å². The summed E-state index contributed by atoms with van der Waals surface area (Å²) in [6.45, 7) is 6.67. The van der Waals surface area contributed by atoms with Crippen LogP contribution in [0.2, 0.25) is 13.3 Å². The fourth-order valence-corrected chi connectivity index (χ4v) is 11.7. The number of carbonyl (C=O) groups is 4. The molecule has 3 aromatic rings. The number of nitrogens with zero attached hydrogens (tertiary/aromatic N) is 5. The molecule has 1 atom stereocenters. The Balaban J connectivity index is 0.773. The number of imide groups is 1. The van der Waals surface area contributed by atoms with Gasteiger partial charge in [0.25, 0.3) is 0 Å². The average Bonchev–Trinajstić information content (AvgIpc) is 3.20. The van der Waals surface area contributed by atoms with Gasteiger partial charge in [0.1, 0.15) is 11.8 Å². The van der Waals surface area contributed by atoms with Crippen molar-refractivity contribution >= 4 is 41.0 Å². The molecule has 4 fully saturated rings. The second-order valence-electron chi connectivity index (χ2n) is 16.0. The molecule has 0 radical (unpaired) electrons. The number of pyridine rings is 1. The first-order valence-electron chi connectivity index (χ1n) is 19.9. The zero-order valence-corrected chi connectivity index (χ0v) is 35.6. The monoisotopic (exact) mass is 993 g/mol. The molecule has 1 aromatic carbocycles. The van der Waals surface area contributed by atoms with E-state index in [9.17, 15) is 19.2 Å². The third-order valence-corrected chi connectivity index (χ3v) is 16.4. The molecule has 2 aliphatic heterocycles. The molecule has 0 bridgehead atoms. The van der Waals surface area contributed by atoms with Gasteiger partial charge in [-0.2, -0.15) is 5.26 Å². The molecule has 58 heavy (non-hydrogen) atoms. The van der Waals surface area contributed by atoms with Crippen molar-refractivity contribution in [2.75, 3.05) is 18.0 Å². The van der Waals surface area contributed by atoms with Crippen molar-refractivity contribution in [3.05, 3.63) is 70.9 Å². The molecule has 2 saturated carbocycles. The van der Waals surface area contributed by atoms with E-state index in [0.29, 0.717) is 43.2 Å². The van der Waals surface area contributed by atoms with Gasteiger partial charge in [0.15, 0.2) is 0 Å². The molecular weight excluding hydrogens is 945 g/mol. The van der Waals surface area contributed by atoms with Gasteiger partial charge >= 0.3 is 221 Å². The first kappa shape index (κ1) is 41.6. The number of nitriles is 1. The molecule has 3 N–H and O–H groups in total. The average molecular weight is 994 g/mol. The van der Waals surface area contributed by atoms with Crippen molar-refractivity contribution in [3.63, 3.8) is 0 Å². The van der Waals surface area contributed by atoms with Gasteiger partial charge in [-0.1, -0.05) is 11.6 Å². The van der Waals surface area contributed by atoms with Crippen molar-refractivity contribution in [1.82, 2.24) is 30.9 Å². The number of piperidine rings is 2. The third kappa shape index (κ3) is 10.5. The van der Waals surface area contributed by atoms with Crippen LogP contribution in [0.3, 0.4) is 0 Å². The number of halogens is 1. The summed E-state index contributed by atoms with van der Waals surface area (Å²) in [6.07, 6.45) is 12.9. The van der Waals surface area contributed by atoms with Crippen LogP contribution in [0.4, 0.5) is 5.82 Å². The van der Waals surface area contributed by atoms with Gasteiger partial charge in [-0.3, -0.25) is 14.9 Å². The Bertz CT molecular complexity index is 2010. The summed E-state index contributed by atoms with van der Waals surface area (Å²) in [5, 5.41) is 17.5. The summed E-state index contributed by atoms with van der Waals surface area (Å²) < 4.78 is 13.8. The molecule has 1 unspecified atom stereocenters. The molecule has 16 heteroatoms. The number of nitrogens with one attached hydrogen (secondary N) is 3. The van der Waals surface area contributed by atoms with E-state index >= 15 is 0 Å². The van der Waals surface area contributed by atoms with E-state index in [4.69, 9.17) is 26.3 Å². The van der Waals surface area contributed by atoms with Crippen LogP contribution in [0.5, 0.6) is 11.5 Å². The van der Waals surface area contributed by atoms with Gasteiger partial charge < -0.3 is 4.74 Å². The van der Waals surface area contributed by atoms with Crippen molar-refractivity contribution in [2.24, 2.45) is 11.8 Å². The molecule has 4 heterocycles. The number of hydrogen-bond acceptors (Lipinski definition) is 11. The summed E-state index contributed by atoms with van der Waals surface area (Å²) in [6, 6.07) is 9.79. The number of anilines is 1. The SMILES string of the molecule is C[C](C)([Au][CH2]C1CCN(c2cnc(C(=O)NC3CCC(Oc4ccc(C#N)c(Cl)c4)CC3)cn2)CC1)C1CC(Oc2ccc(C(=O)NC3CCC(=O)NC3=O)nc2)C1. The minimum absolute atomic E-state index is 0.0296. The summed E-state index contributed by atoms with van der Waals surface area (Å²) in [4.78, 5) is 64.5. The van der Waals surface area contributed by atoms with Crippen LogP contribution in [0, 0.1) is 23.2 Å². The van der Waals surface area contributed by atoms with E-state index in [-0.39, 0.29) is 68.4 Å². The maximum absolute atomic E-state index is 13.0. The molecule has 7 rings (SSSR count). The first-order chi connectivity index (χ1) is 27.9. The quantitative estimate of drug-likeness (QED) is 0.138. The Morgan fingerprint density at radius 3 is 2.26 bits per heavy atom. The number of rotatable bonds is 13. The Hall–Kier alpha value is -4.55. The van der Waals surface area contributed by atoms with E-state index in [1.807, 2.05) is 0 Å². The van der Waals surface area contributed by atoms with Gasteiger partial charge in [0.2, 0.25) is 11.8 Å². The Morgan fingerprint density at radius 1 is 0.897 bits per heavy atom. The van der Waals surface area contributed by atoms with Crippen LogP contribution in [0.1, 0.15) is 105 Å². The Labute approximate surface area is 352 Å². The number of amides is 4. The van der Waals surface area contributed by atoms with E-state index in [0.717, 1.165) is 70.3 Å². The van der Waals surface area contributed by atoms with Crippen LogP contribution >= 0.6 is 11.6 Å².